The summed E-state index contributed by atoms with van der Waals surface area (Å²) >= 11 is 1.44. The number of rotatable bonds is 8. The number of ketones is 1. The second-order valence-corrected chi connectivity index (χ2v) is 7.02. The van der Waals surface area contributed by atoms with E-state index in [9.17, 15) is 9.59 Å². The molecule has 144 valence electrons. The fourth-order valence-corrected chi connectivity index (χ4v) is 3.03. The second-order valence-electron chi connectivity index (χ2n) is 6.16. The van der Waals surface area contributed by atoms with Crippen molar-refractivity contribution in [1.29, 1.82) is 0 Å². The standard InChI is InChI=1S/C21H20N2O4S/c1-14-3-7-17(8-4-14)22-21-23-18(13-28-21)11-27-20(25)12-26-19-9-5-16(6-10-19)15(2)24/h3-10,13H,11-12H2,1-2H3,(H,22,23). The first kappa shape index (κ1) is 19.6. The largest absolute Gasteiger partial charge is 0.482 e. The molecule has 0 atom stereocenters. The average Bonchev–Trinajstić information content (AvgIpc) is 3.14. The van der Waals surface area contributed by atoms with Crippen LogP contribution in [0.4, 0.5) is 10.8 Å². The zero-order chi connectivity index (χ0) is 19.9. The number of nitrogens with zero attached hydrogens (tertiary/aromatic N) is 1. The summed E-state index contributed by atoms with van der Waals surface area (Å²) < 4.78 is 10.6. The van der Waals surface area contributed by atoms with Gasteiger partial charge in [0.05, 0.1) is 5.69 Å². The van der Waals surface area contributed by atoms with Crippen LogP contribution in [0.2, 0.25) is 0 Å². The van der Waals surface area contributed by atoms with Crippen molar-refractivity contribution in [3.05, 3.63) is 70.7 Å². The molecule has 0 bridgehead atoms. The highest BCUT2D eigenvalue weighted by molar-refractivity contribution is 7.13. The van der Waals surface area contributed by atoms with Gasteiger partial charge in [-0.15, -0.1) is 11.3 Å². The van der Waals surface area contributed by atoms with Gasteiger partial charge in [-0.2, -0.15) is 0 Å². The Hall–Kier alpha value is -3.19. The van der Waals surface area contributed by atoms with Crippen molar-refractivity contribution in [2.24, 2.45) is 0 Å². The van der Waals surface area contributed by atoms with Crippen LogP contribution >= 0.6 is 11.3 Å². The van der Waals surface area contributed by atoms with Crippen LogP contribution in [0.3, 0.4) is 0 Å². The van der Waals surface area contributed by atoms with E-state index in [2.05, 4.69) is 10.3 Å². The summed E-state index contributed by atoms with van der Waals surface area (Å²) in [5, 5.41) is 5.79. The number of Topliss-reactive ketones (excluding diaryl/α,β-unsaturated/α-hetero) is 1. The number of hydrogen-bond acceptors (Lipinski definition) is 7. The van der Waals surface area contributed by atoms with Crippen LogP contribution in [0.1, 0.15) is 28.5 Å². The Bertz CT molecular complexity index is 949. The smallest absolute Gasteiger partial charge is 0.344 e. The topological polar surface area (TPSA) is 77.5 Å². The second kappa shape index (κ2) is 9.14. The third-order valence-electron chi connectivity index (χ3n) is 3.85. The van der Waals surface area contributed by atoms with Crippen LogP contribution < -0.4 is 10.1 Å². The fourth-order valence-electron chi connectivity index (χ4n) is 2.32. The first-order chi connectivity index (χ1) is 13.5. The molecule has 0 aliphatic heterocycles. The molecule has 0 spiro atoms. The summed E-state index contributed by atoms with van der Waals surface area (Å²) in [6.45, 7) is 3.40. The molecule has 0 radical (unpaired) electrons. The Morgan fingerprint density at radius 2 is 1.79 bits per heavy atom. The normalized spacial score (nSPS) is 10.4. The van der Waals surface area contributed by atoms with Gasteiger partial charge in [-0.3, -0.25) is 4.79 Å². The van der Waals surface area contributed by atoms with Gasteiger partial charge in [0.15, 0.2) is 17.5 Å². The minimum absolute atomic E-state index is 0.0227. The van der Waals surface area contributed by atoms with Crippen molar-refractivity contribution in [2.45, 2.75) is 20.5 Å². The Labute approximate surface area is 167 Å². The van der Waals surface area contributed by atoms with Gasteiger partial charge in [0, 0.05) is 16.6 Å². The summed E-state index contributed by atoms with van der Waals surface area (Å²) in [5.74, 6) is -0.0117. The van der Waals surface area contributed by atoms with Crippen molar-refractivity contribution in [3.8, 4) is 5.75 Å². The molecule has 0 unspecified atom stereocenters. The van der Waals surface area contributed by atoms with Gasteiger partial charge in [-0.1, -0.05) is 17.7 Å². The third kappa shape index (κ3) is 5.65. The number of esters is 1. The monoisotopic (exact) mass is 396 g/mol. The predicted molar refractivity (Wildman–Crippen MR) is 108 cm³/mol. The molecule has 2 aromatic carbocycles. The number of carbonyl (C=O) groups excluding carboxylic acids is 2. The van der Waals surface area contributed by atoms with Crippen LogP contribution in [-0.4, -0.2) is 23.3 Å². The highest BCUT2D eigenvalue weighted by atomic mass is 32.1. The van der Waals surface area contributed by atoms with Crippen LogP contribution in [0, 0.1) is 6.92 Å². The minimum atomic E-state index is -0.489. The highest BCUT2D eigenvalue weighted by Crippen LogP contribution is 2.21. The molecule has 3 rings (SSSR count). The maximum atomic E-state index is 11.9. The molecule has 0 amide bonds. The number of benzene rings is 2. The van der Waals surface area contributed by atoms with E-state index in [1.165, 1.54) is 23.8 Å². The molecule has 0 saturated carbocycles. The van der Waals surface area contributed by atoms with Gasteiger partial charge in [-0.25, -0.2) is 9.78 Å². The molecular weight excluding hydrogens is 376 g/mol. The van der Waals surface area contributed by atoms with E-state index in [0.29, 0.717) is 17.0 Å². The van der Waals surface area contributed by atoms with Gasteiger partial charge in [0.1, 0.15) is 12.4 Å². The van der Waals surface area contributed by atoms with Crippen LogP contribution in [0.25, 0.3) is 0 Å². The summed E-state index contributed by atoms with van der Waals surface area (Å²) in [5.41, 5.74) is 3.40. The fraction of sp³-hybridized carbons (Fsp3) is 0.190. The molecule has 6 nitrogen and oxygen atoms in total. The number of ether oxygens (including phenoxy) is 2. The van der Waals surface area contributed by atoms with Gasteiger partial charge in [0.25, 0.3) is 0 Å². The molecular formula is C21H20N2O4S. The van der Waals surface area contributed by atoms with Gasteiger partial charge in [0.2, 0.25) is 0 Å². The van der Waals surface area contributed by atoms with Crippen LogP contribution in [-0.2, 0) is 16.1 Å². The maximum Gasteiger partial charge on any atom is 0.344 e. The van der Waals surface area contributed by atoms with Crippen molar-refractivity contribution in [3.63, 3.8) is 0 Å². The lowest BCUT2D eigenvalue weighted by atomic mass is 10.1. The number of carbonyl (C=O) groups is 2. The van der Waals surface area contributed by atoms with E-state index in [1.807, 2.05) is 36.6 Å². The van der Waals surface area contributed by atoms with E-state index in [0.717, 1.165) is 10.8 Å². The predicted octanol–water partition coefficient (Wildman–Crippen LogP) is 4.52. The molecule has 28 heavy (non-hydrogen) atoms. The van der Waals surface area contributed by atoms with E-state index in [-0.39, 0.29) is 19.0 Å². The zero-order valence-corrected chi connectivity index (χ0v) is 16.4. The van der Waals surface area contributed by atoms with Gasteiger partial charge >= 0.3 is 5.97 Å². The SMILES string of the molecule is CC(=O)c1ccc(OCC(=O)OCc2csc(Nc3ccc(C)cc3)n2)cc1. The molecule has 0 aliphatic carbocycles. The summed E-state index contributed by atoms with van der Waals surface area (Å²) in [7, 11) is 0. The van der Waals surface area contributed by atoms with Crippen molar-refractivity contribution < 1.29 is 19.1 Å². The number of aromatic nitrogens is 1. The number of anilines is 2. The molecule has 0 fully saturated rings. The highest BCUT2D eigenvalue weighted by Gasteiger charge is 2.08. The third-order valence-corrected chi connectivity index (χ3v) is 4.66. The average molecular weight is 396 g/mol. The van der Waals surface area contributed by atoms with Gasteiger partial charge in [-0.05, 0) is 50.2 Å². The van der Waals surface area contributed by atoms with Crippen LogP contribution in [0.5, 0.6) is 5.75 Å². The Morgan fingerprint density at radius 3 is 2.46 bits per heavy atom. The van der Waals surface area contributed by atoms with Crippen LogP contribution in [0.15, 0.2) is 53.9 Å². The Kier molecular flexibility index (Phi) is 6.39. The van der Waals surface area contributed by atoms with E-state index in [1.54, 1.807) is 24.3 Å². The van der Waals surface area contributed by atoms with E-state index >= 15 is 0 Å². The van der Waals surface area contributed by atoms with E-state index in [4.69, 9.17) is 9.47 Å². The number of aryl methyl sites for hydroxylation is 1. The number of thiazole rings is 1. The number of hydrogen-bond donors (Lipinski definition) is 1. The Morgan fingerprint density at radius 1 is 1.07 bits per heavy atom. The summed E-state index contributed by atoms with van der Waals surface area (Å²) in [6.07, 6.45) is 0. The zero-order valence-electron chi connectivity index (χ0n) is 15.6. The first-order valence-electron chi connectivity index (χ1n) is 8.67. The molecule has 1 aromatic heterocycles. The maximum absolute atomic E-state index is 11.9. The lowest BCUT2D eigenvalue weighted by Crippen LogP contribution is -2.14. The summed E-state index contributed by atoms with van der Waals surface area (Å²) in [4.78, 5) is 27.5. The number of nitrogens with one attached hydrogen (secondary N) is 1. The van der Waals surface area contributed by atoms with Crippen molar-refractivity contribution in [2.75, 3.05) is 11.9 Å². The summed E-state index contributed by atoms with van der Waals surface area (Å²) in [6, 6.07) is 14.6. The minimum Gasteiger partial charge on any atom is -0.482 e. The Balaban J connectivity index is 1.43. The lowest BCUT2D eigenvalue weighted by Gasteiger charge is -2.06. The quantitative estimate of drug-likeness (QED) is 0.446. The first-order valence-corrected chi connectivity index (χ1v) is 9.55. The van der Waals surface area contributed by atoms with E-state index < -0.39 is 5.97 Å². The molecule has 0 saturated heterocycles. The van der Waals surface area contributed by atoms with Crippen molar-refractivity contribution >= 4 is 33.9 Å². The molecule has 7 heteroatoms. The molecule has 0 aliphatic rings. The molecule has 1 heterocycles. The molecule has 3 aromatic rings. The lowest BCUT2D eigenvalue weighted by molar-refractivity contribution is -0.147. The van der Waals surface area contributed by atoms with Gasteiger partial charge < -0.3 is 14.8 Å². The molecule has 1 N–H and O–H groups in total. The van der Waals surface area contributed by atoms with Crippen molar-refractivity contribution in [1.82, 2.24) is 4.98 Å².